The van der Waals surface area contributed by atoms with E-state index in [-0.39, 0.29) is 5.60 Å². The highest BCUT2D eigenvalue weighted by Crippen LogP contribution is 2.39. The van der Waals surface area contributed by atoms with Crippen LogP contribution >= 0.6 is 0 Å². The molecule has 1 spiro atoms. The molecule has 0 aromatic rings. The number of hydrazine groups is 1. The summed E-state index contributed by atoms with van der Waals surface area (Å²) in [4.78, 5) is 0. The summed E-state index contributed by atoms with van der Waals surface area (Å²) in [5.74, 6) is 0. The van der Waals surface area contributed by atoms with Crippen LogP contribution in [0.1, 0.15) is 38.5 Å². The van der Waals surface area contributed by atoms with Crippen molar-refractivity contribution in [3.05, 3.63) is 0 Å². The van der Waals surface area contributed by atoms with Gasteiger partial charge in [0.2, 0.25) is 0 Å². The molecule has 1 aliphatic carbocycles. The summed E-state index contributed by atoms with van der Waals surface area (Å²) in [6.45, 7) is 4.69. The minimum Gasteiger partial charge on any atom is -0.379 e. The lowest BCUT2D eigenvalue weighted by atomic mass is 9.89. The largest absolute Gasteiger partial charge is 0.379 e. The molecule has 1 N–H and O–H groups in total. The average Bonchev–Trinajstić information content (AvgIpc) is 2.79. The van der Waals surface area contributed by atoms with Crippen LogP contribution in [0, 0.1) is 0 Å². The molecule has 98 valence electrons. The molecular formula is C13H24N2O2. The van der Waals surface area contributed by atoms with Gasteiger partial charge >= 0.3 is 0 Å². The topological polar surface area (TPSA) is 33.7 Å². The normalized spacial score (nSPS) is 34.2. The van der Waals surface area contributed by atoms with Crippen LogP contribution in [0.25, 0.3) is 0 Å². The van der Waals surface area contributed by atoms with Gasteiger partial charge < -0.3 is 9.47 Å². The van der Waals surface area contributed by atoms with Crippen LogP contribution in [-0.2, 0) is 9.47 Å². The Hall–Kier alpha value is -0.160. The van der Waals surface area contributed by atoms with Crippen molar-refractivity contribution < 1.29 is 9.47 Å². The first-order valence-electron chi connectivity index (χ1n) is 7.09. The molecule has 1 atom stereocenters. The zero-order chi connectivity index (χ0) is 11.6. The van der Waals surface area contributed by atoms with Crippen LogP contribution in [0.4, 0.5) is 0 Å². The van der Waals surface area contributed by atoms with Crippen molar-refractivity contribution in [2.24, 2.45) is 0 Å². The van der Waals surface area contributed by atoms with Crippen molar-refractivity contribution in [1.29, 1.82) is 0 Å². The van der Waals surface area contributed by atoms with Gasteiger partial charge in [0.05, 0.1) is 18.8 Å². The van der Waals surface area contributed by atoms with Crippen molar-refractivity contribution >= 4 is 0 Å². The van der Waals surface area contributed by atoms with Crippen LogP contribution in [-0.4, -0.2) is 49.6 Å². The van der Waals surface area contributed by atoms with E-state index in [0.717, 1.165) is 39.3 Å². The SMILES string of the molecule is C1CCC2(C1)CC(NN1CCOCC1)CCO2. The predicted molar refractivity (Wildman–Crippen MR) is 65.7 cm³/mol. The number of nitrogens with zero attached hydrogens (tertiary/aromatic N) is 1. The average molecular weight is 240 g/mol. The molecule has 0 aromatic carbocycles. The highest BCUT2D eigenvalue weighted by atomic mass is 16.5. The maximum Gasteiger partial charge on any atom is 0.0697 e. The van der Waals surface area contributed by atoms with E-state index in [4.69, 9.17) is 9.47 Å². The monoisotopic (exact) mass is 240 g/mol. The minimum absolute atomic E-state index is 0.224. The highest BCUT2D eigenvalue weighted by molar-refractivity contribution is 4.93. The lowest BCUT2D eigenvalue weighted by Crippen LogP contribution is -2.54. The zero-order valence-electron chi connectivity index (χ0n) is 10.6. The second-order valence-corrected chi connectivity index (χ2v) is 5.66. The van der Waals surface area contributed by atoms with Crippen LogP contribution in [0.3, 0.4) is 0 Å². The van der Waals surface area contributed by atoms with E-state index in [2.05, 4.69) is 10.4 Å². The molecule has 0 amide bonds. The predicted octanol–water partition coefficient (Wildman–Crippen LogP) is 1.31. The fourth-order valence-electron chi connectivity index (χ4n) is 3.46. The summed E-state index contributed by atoms with van der Waals surface area (Å²) >= 11 is 0. The first-order valence-corrected chi connectivity index (χ1v) is 7.09. The molecule has 2 aliphatic heterocycles. The number of ether oxygens (including phenoxy) is 2. The number of rotatable bonds is 2. The van der Waals surface area contributed by atoms with Gasteiger partial charge in [-0.25, -0.2) is 5.01 Å². The molecule has 4 nitrogen and oxygen atoms in total. The summed E-state index contributed by atoms with van der Waals surface area (Å²) < 4.78 is 11.4. The zero-order valence-corrected chi connectivity index (χ0v) is 10.6. The number of morpholine rings is 1. The van der Waals surface area contributed by atoms with Crippen molar-refractivity contribution in [3.8, 4) is 0 Å². The van der Waals surface area contributed by atoms with E-state index < -0.39 is 0 Å². The van der Waals surface area contributed by atoms with Gasteiger partial charge in [-0.3, -0.25) is 5.43 Å². The third kappa shape index (κ3) is 2.81. The molecule has 2 saturated heterocycles. The van der Waals surface area contributed by atoms with Gasteiger partial charge in [0.15, 0.2) is 0 Å². The molecule has 3 rings (SSSR count). The molecule has 4 heteroatoms. The van der Waals surface area contributed by atoms with Crippen molar-refractivity contribution in [2.75, 3.05) is 32.9 Å². The Kier molecular flexibility index (Phi) is 3.66. The Morgan fingerprint density at radius 3 is 2.59 bits per heavy atom. The van der Waals surface area contributed by atoms with E-state index in [1.54, 1.807) is 0 Å². The second kappa shape index (κ2) is 5.22. The summed E-state index contributed by atoms with van der Waals surface area (Å²) in [7, 11) is 0. The van der Waals surface area contributed by atoms with Gasteiger partial charge in [-0.2, -0.15) is 0 Å². The fraction of sp³-hybridized carbons (Fsp3) is 1.00. The lowest BCUT2D eigenvalue weighted by Gasteiger charge is -2.41. The second-order valence-electron chi connectivity index (χ2n) is 5.66. The Bertz CT molecular complexity index is 248. The molecule has 0 bridgehead atoms. The molecule has 3 aliphatic rings. The standard InChI is InChI=1S/C13H24N2O2/c1-2-5-13(4-1)11-12(3-8-17-13)14-15-6-9-16-10-7-15/h12,14H,1-11H2. The van der Waals surface area contributed by atoms with Gasteiger partial charge in [-0.05, 0) is 25.7 Å². The van der Waals surface area contributed by atoms with Gasteiger partial charge in [-0.15, -0.1) is 0 Å². The van der Waals surface area contributed by atoms with Crippen LogP contribution < -0.4 is 5.43 Å². The van der Waals surface area contributed by atoms with Crippen molar-refractivity contribution in [3.63, 3.8) is 0 Å². The lowest BCUT2D eigenvalue weighted by molar-refractivity contribution is -0.0974. The molecule has 3 fully saturated rings. The molecule has 1 saturated carbocycles. The maximum absolute atomic E-state index is 6.06. The van der Waals surface area contributed by atoms with Gasteiger partial charge in [0.25, 0.3) is 0 Å². The van der Waals surface area contributed by atoms with E-state index >= 15 is 0 Å². The highest BCUT2D eigenvalue weighted by Gasteiger charge is 2.40. The molecule has 17 heavy (non-hydrogen) atoms. The first-order chi connectivity index (χ1) is 8.36. The summed E-state index contributed by atoms with van der Waals surface area (Å²) in [5.41, 5.74) is 3.91. The summed E-state index contributed by atoms with van der Waals surface area (Å²) in [6, 6.07) is 0.611. The molecular weight excluding hydrogens is 216 g/mol. The van der Waals surface area contributed by atoms with Crippen molar-refractivity contribution in [1.82, 2.24) is 10.4 Å². The van der Waals surface area contributed by atoms with E-state index in [0.29, 0.717) is 6.04 Å². The third-order valence-electron chi connectivity index (χ3n) is 4.38. The van der Waals surface area contributed by atoms with E-state index in [9.17, 15) is 0 Å². The van der Waals surface area contributed by atoms with E-state index in [1.165, 1.54) is 32.1 Å². The smallest absolute Gasteiger partial charge is 0.0697 e. The fourth-order valence-corrected chi connectivity index (χ4v) is 3.46. The Labute approximate surface area is 104 Å². The summed E-state index contributed by atoms with van der Waals surface area (Å²) in [6.07, 6.45) is 7.60. The molecule has 0 aromatic heterocycles. The minimum atomic E-state index is 0.224. The van der Waals surface area contributed by atoms with Crippen LogP contribution in [0.5, 0.6) is 0 Å². The Balaban J connectivity index is 1.52. The van der Waals surface area contributed by atoms with E-state index in [1.807, 2.05) is 0 Å². The number of hydrogen-bond acceptors (Lipinski definition) is 4. The third-order valence-corrected chi connectivity index (χ3v) is 4.38. The Morgan fingerprint density at radius 1 is 1.06 bits per heavy atom. The van der Waals surface area contributed by atoms with Gasteiger partial charge in [0, 0.05) is 25.7 Å². The summed E-state index contributed by atoms with van der Waals surface area (Å²) in [5, 5.41) is 2.34. The van der Waals surface area contributed by atoms with Gasteiger partial charge in [-0.1, -0.05) is 12.8 Å². The van der Waals surface area contributed by atoms with Gasteiger partial charge in [0.1, 0.15) is 0 Å². The van der Waals surface area contributed by atoms with Crippen molar-refractivity contribution in [2.45, 2.75) is 50.2 Å². The molecule has 0 radical (unpaired) electrons. The number of hydrogen-bond donors (Lipinski definition) is 1. The van der Waals surface area contributed by atoms with Crippen LogP contribution in [0.2, 0.25) is 0 Å². The molecule has 2 heterocycles. The molecule has 1 unspecified atom stereocenters. The van der Waals surface area contributed by atoms with Crippen LogP contribution in [0.15, 0.2) is 0 Å². The Morgan fingerprint density at radius 2 is 1.82 bits per heavy atom. The quantitative estimate of drug-likeness (QED) is 0.789. The maximum atomic E-state index is 6.06. The first kappa shape index (κ1) is 11.9. The number of nitrogens with one attached hydrogen (secondary N) is 1.